The minimum absolute atomic E-state index is 0.107. The Bertz CT molecular complexity index is 221. The molecule has 4 nitrogen and oxygen atoms in total. The van der Waals surface area contributed by atoms with Gasteiger partial charge >= 0.3 is 5.97 Å². The average molecular weight is 159 g/mol. The Hall–Kier alpha value is -0.970. The van der Waals surface area contributed by atoms with E-state index < -0.39 is 11.2 Å². The van der Waals surface area contributed by atoms with Crippen LogP contribution in [-0.2, 0) is 4.79 Å². The molecule has 0 fully saturated rings. The number of hydrogen-bond acceptors (Lipinski definition) is 4. The Morgan fingerprint density at radius 2 is 2.60 bits per heavy atom. The second-order valence-electron chi connectivity index (χ2n) is 1.61. The summed E-state index contributed by atoms with van der Waals surface area (Å²) >= 11 is 3.72. The molecule has 1 unspecified atom stereocenters. The van der Waals surface area contributed by atoms with E-state index in [0.29, 0.717) is 0 Å². The molecule has 0 radical (unpaired) electrons. The largest absolute Gasteiger partial charge is 0.480 e. The molecule has 0 aliphatic heterocycles. The summed E-state index contributed by atoms with van der Waals surface area (Å²) in [6, 6.07) is 0. The number of hydrogen-bond donors (Lipinski definition) is 2. The highest BCUT2D eigenvalue weighted by Crippen LogP contribution is 2.16. The highest BCUT2D eigenvalue weighted by atomic mass is 32.1. The Kier molecular flexibility index (Phi) is 1.96. The van der Waals surface area contributed by atoms with E-state index in [2.05, 4.69) is 22.0 Å². The highest BCUT2D eigenvalue weighted by Gasteiger charge is 2.18. The van der Waals surface area contributed by atoms with Crippen molar-refractivity contribution in [3.05, 3.63) is 18.4 Å². The topological polar surface area (TPSA) is 63.3 Å². The van der Waals surface area contributed by atoms with E-state index in [1.165, 1.54) is 12.5 Å². The number of rotatable bonds is 2. The Balaban J connectivity index is 2.77. The van der Waals surface area contributed by atoms with Crippen LogP contribution in [0, 0.1) is 0 Å². The molecular formula is C5H5NO3S. The van der Waals surface area contributed by atoms with Gasteiger partial charge in [-0.05, 0) is 0 Å². The molecule has 0 aliphatic carbocycles. The van der Waals surface area contributed by atoms with Crippen LogP contribution >= 0.6 is 12.6 Å². The van der Waals surface area contributed by atoms with Crippen molar-refractivity contribution in [1.29, 1.82) is 0 Å². The van der Waals surface area contributed by atoms with Crippen LogP contribution in [0.2, 0.25) is 0 Å². The van der Waals surface area contributed by atoms with E-state index in [1.54, 1.807) is 0 Å². The predicted octanol–water partition coefficient (Wildman–Crippen LogP) is 0.730. The van der Waals surface area contributed by atoms with Crippen molar-refractivity contribution < 1.29 is 14.3 Å². The van der Waals surface area contributed by atoms with Gasteiger partial charge in [-0.2, -0.15) is 12.6 Å². The lowest BCUT2D eigenvalue weighted by molar-refractivity contribution is -0.136. The standard InChI is InChI=1S/C5H5NO3S/c7-5(8)3(10)4-6-1-2-9-4/h1-3,10H,(H,7,8). The van der Waals surface area contributed by atoms with Crippen molar-refractivity contribution >= 4 is 18.6 Å². The van der Waals surface area contributed by atoms with Crippen LogP contribution in [0.5, 0.6) is 0 Å². The molecule has 5 heteroatoms. The van der Waals surface area contributed by atoms with Crippen molar-refractivity contribution in [2.24, 2.45) is 0 Å². The molecule has 0 aliphatic rings. The summed E-state index contributed by atoms with van der Waals surface area (Å²) in [6.07, 6.45) is 2.68. The summed E-state index contributed by atoms with van der Waals surface area (Å²) in [5, 5.41) is 7.41. The van der Waals surface area contributed by atoms with Crippen molar-refractivity contribution in [3.8, 4) is 0 Å². The first-order valence-corrected chi connectivity index (χ1v) is 3.03. The van der Waals surface area contributed by atoms with E-state index in [4.69, 9.17) is 5.11 Å². The summed E-state index contributed by atoms with van der Waals surface area (Å²) < 4.78 is 4.69. The van der Waals surface area contributed by atoms with Gasteiger partial charge < -0.3 is 9.52 Å². The molecule has 0 amide bonds. The minimum atomic E-state index is -1.06. The van der Waals surface area contributed by atoms with Gasteiger partial charge in [0.15, 0.2) is 5.25 Å². The normalized spacial score (nSPS) is 12.9. The van der Waals surface area contributed by atoms with Gasteiger partial charge in [-0.25, -0.2) is 4.98 Å². The lowest BCUT2D eigenvalue weighted by Crippen LogP contribution is -2.04. The van der Waals surface area contributed by atoms with Gasteiger partial charge in [-0.15, -0.1) is 0 Å². The maximum atomic E-state index is 10.2. The van der Waals surface area contributed by atoms with Gasteiger partial charge in [0.2, 0.25) is 5.89 Å². The molecule has 1 aromatic heterocycles. The maximum Gasteiger partial charge on any atom is 0.325 e. The number of carboxylic acid groups (broad SMARTS) is 1. The van der Waals surface area contributed by atoms with Crippen LogP contribution < -0.4 is 0 Å². The fourth-order valence-corrected chi connectivity index (χ4v) is 0.603. The van der Waals surface area contributed by atoms with E-state index in [9.17, 15) is 4.79 Å². The molecule has 1 heterocycles. The third kappa shape index (κ3) is 1.30. The van der Waals surface area contributed by atoms with E-state index >= 15 is 0 Å². The molecule has 1 atom stereocenters. The zero-order valence-corrected chi connectivity index (χ0v) is 5.78. The Morgan fingerprint density at radius 3 is 3.00 bits per heavy atom. The fourth-order valence-electron chi connectivity index (χ4n) is 0.475. The van der Waals surface area contributed by atoms with E-state index in [1.807, 2.05) is 0 Å². The number of thiol groups is 1. The molecule has 0 saturated carbocycles. The van der Waals surface area contributed by atoms with Crippen LogP contribution in [0.1, 0.15) is 11.1 Å². The van der Waals surface area contributed by atoms with Crippen LogP contribution in [0.15, 0.2) is 16.9 Å². The molecule has 1 rings (SSSR count). The zero-order valence-electron chi connectivity index (χ0n) is 4.89. The van der Waals surface area contributed by atoms with Crippen molar-refractivity contribution in [3.63, 3.8) is 0 Å². The van der Waals surface area contributed by atoms with Gasteiger partial charge in [0.1, 0.15) is 6.26 Å². The number of oxazole rings is 1. The van der Waals surface area contributed by atoms with Crippen LogP contribution in [0.4, 0.5) is 0 Å². The van der Waals surface area contributed by atoms with Crippen LogP contribution in [-0.4, -0.2) is 16.1 Å². The first-order chi connectivity index (χ1) is 4.72. The molecule has 1 N–H and O–H groups in total. The molecule has 54 valence electrons. The first-order valence-electron chi connectivity index (χ1n) is 2.52. The number of nitrogens with zero attached hydrogens (tertiary/aromatic N) is 1. The molecule has 0 aromatic carbocycles. The summed E-state index contributed by atoms with van der Waals surface area (Å²) in [5.41, 5.74) is 0. The Morgan fingerprint density at radius 1 is 1.90 bits per heavy atom. The smallest absolute Gasteiger partial charge is 0.325 e. The third-order valence-corrected chi connectivity index (χ3v) is 1.36. The van der Waals surface area contributed by atoms with Gasteiger partial charge in [0, 0.05) is 0 Å². The maximum absolute atomic E-state index is 10.2. The molecule has 0 bridgehead atoms. The second-order valence-corrected chi connectivity index (χ2v) is 2.13. The molecule has 10 heavy (non-hydrogen) atoms. The number of carboxylic acids is 1. The highest BCUT2D eigenvalue weighted by molar-refractivity contribution is 7.81. The fraction of sp³-hybridized carbons (Fsp3) is 0.200. The van der Waals surface area contributed by atoms with Crippen LogP contribution in [0.3, 0.4) is 0 Å². The first kappa shape index (κ1) is 7.14. The summed E-state index contributed by atoms with van der Waals surface area (Å²) in [4.78, 5) is 13.8. The van der Waals surface area contributed by atoms with Gasteiger partial charge in [0.25, 0.3) is 0 Å². The number of carbonyl (C=O) groups is 1. The third-order valence-electron chi connectivity index (χ3n) is 0.919. The summed E-state index contributed by atoms with van der Waals surface area (Å²) in [7, 11) is 0. The summed E-state index contributed by atoms with van der Waals surface area (Å²) in [6.45, 7) is 0. The molecule has 0 saturated heterocycles. The van der Waals surface area contributed by atoms with E-state index in [0.717, 1.165) is 0 Å². The molecule has 1 aromatic rings. The second kappa shape index (κ2) is 2.74. The van der Waals surface area contributed by atoms with Crippen LogP contribution in [0.25, 0.3) is 0 Å². The van der Waals surface area contributed by atoms with Crippen molar-refractivity contribution in [1.82, 2.24) is 4.98 Å². The monoisotopic (exact) mass is 159 g/mol. The van der Waals surface area contributed by atoms with Crippen molar-refractivity contribution in [2.75, 3.05) is 0 Å². The van der Waals surface area contributed by atoms with Gasteiger partial charge in [-0.1, -0.05) is 0 Å². The number of aromatic nitrogens is 1. The lowest BCUT2D eigenvalue weighted by atomic mass is 10.4. The minimum Gasteiger partial charge on any atom is -0.480 e. The Labute approximate surface area is 62.3 Å². The van der Waals surface area contributed by atoms with Gasteiger partial charge in [-0.3, -0.25) is 4.79 Å². The van der Waals surface area contributed by atoms with Crippen molar-refractivity contribution in [2.45, 2.75) is 5.25 Å². The molecular weight excluding hydrogens is 154 g/mol. The SMILES string of the molecule is O=C(O)C(S)c1ncco1. The van der Waals surface area contributed by atoms with Gasteiger partial charge in [0.05, 0.1) is 6.20 Å². The zero-order chi connectivity index (χ0) is 7.56. The molecule has 0 spiro atoms. The number of aliphatic carboxylic acids is 1. The van der Waals surface area contributed by atoms with E-state index in [-0.39, 0.29) is 5.89 Å². The average Bonchev–Trinajstić information content (AvgIpc) is 2.36. The predicted molar refractivity (Wildman–Crippen MR) is 35.9 cm³/mol. The lowest BCUT2D eigenvalue weighted by Gasteiger charge is -1.96. The quantitative estimate of drug-likeness (QED) is 0.624. The summed E-state index contributed by atoms with van der Waals surface area (Å²) in [5.74, 6) is -0.957.